The van der Waals surface area contributed by atoms with Crippen LogP contribution < -0.4 is 5.32 Å². The molecule has 7 heteroatoms. The Kier molecular flexibility index (Phi) is 5.40. The molecule has 0 saturated heterocycles. The Morgan fingerprint density at radius 1 is 1.21 bits per heavy atom. The van der Waals surface area contributed by atoms with Crippen LogP contribution in [0.5, 0.6) is 0 Å². The molecular formula is C21H24N4OS2. The van der Waals surface area contributed by atoms with Crippen LogP contribution in [0.4, 0.5) is 11.6 Å². The molecule has 1 aromatic carbocycles. The van der Waals surface area contributed by atoms with Gasteiger partial charge < -0.3 is 10.4 Å². The summed E-state index contributed by atoms with van der Waals surface area (Å²) in [4.78, 5) is 14.5. The largest absolute Gasteiger partial charge is 0.383 e. The number of hydrogen-bond acceptors (Lipinski definition) is 7. The van der Waals surface area contributed by atoms with Crippen molar-refractivity contribution in [3.63, 3.8) is 0 Å². The second-order valence-corrected chi connectivity index (χ2v) is 10.1. The molecule has 0 bridgehead atoms. The lowest BCUT2D eigenvalue weighted by atomic mass is 9.81. The van der Waals surface area contributed by atoms with E-state index in [-0.39, 0.29) is 0 Å². The third-order valence-corrected chi connectivity index (χ3v) is 6.87. The summed E-state index contributed by atoms with van der Waals surface area (Å²) in [5, 5.41) is 16.1. The molecule has 1 saturated carbocycles. The molecule has 2 N–H and O–H groups in total. The number of aryl methyl sites for hydroxylation is 1. The van der Waals surface area contributed by atoms with Crippen LogP contribution in [-0.4, -0.2) is 25.3 Å². The van der Waals surface area contributed by atoms with E-state index >= 15 is 0 Å². The molecule has 5 nitrogen and oxygen atoms in total. The number of aliphatic hydroxyl groups is 1. The van der Waals surface area contributed by atoms with Crippen LogP contribution in [0.25, 0.3) is 10.4 Å². The van der Waals surface area contributed by atoms with Gasteiger partial charge in [0.1, 0.15) is 15.6 Å². The summed E-state index contributed by atoms with van der Waals surface area (Å²) in [5.41, 5.74) is 2.46. The maximum Gasteiger partial charge on any atom is 0.228 e. The van der Waals surface area contributed by atoms with Crippen LogP contribution in [0.3, 0.4) is 0 Å². The lowest BCUT2D eigenvalue weighted by Crippen LogP contribution is -2.33. The van der Waals surface area contributed by atoms with Gasteiger partial charge >= 0.3 is 0 Å². The zero-order valence-corrected chi connectivity index (χ0v) is 17.9. The predicted octanol–water partition coefficient (Wildman–Crippen LogP) is 5.52. The second kappa shape index (κ2) is 7.81. The number of thiazole rings is 1. The number of nitrogens with zero attached hydrogens (tertiary/aromatic N) is 3. The number of hydrogen-bond donors (Lipinski definition) is 2. The van der Waals surface area contributed by atoms with E-state index < -0.39 is 5.60 Å². The molecule has 2 aromatic heterocycles. The number of aromatic nitrogens is 3. The SMILES string of the molecule is Cc1cc(Nc2nccc(SC(C)C)n2)cc(-c2cnc(C3(O)CCC3)s2)c1. The van der Waals surface area contributed by atoms with Gasteiger partial charge in [-0.3, -0.25) is 0 Å². The molecule has 2 heterocycles. The van der Waals surface area contributed by atoms with Crippen molar-refractivity contribution in [2.45, 2.75) is 55.9 Å². The first-order valence-corrected chi connectivity index (χ1v) is 11.2. The first-order chi connectivity index (χ1) is 13.4. The number of benzene rings is 1. The van der Waals surface area contributed by atoms with E-state index in [0.717, 1.165) is 51.0 Å². The highest BCUT2D eigenvalue weighted by Crippen LogP contribution is 2.44. The van der Waals surface area contributed by atoms with Crippen molar-refractivity contribution in [2.75, 3.05) is 5.32 Å². The Morgan fingerprint density at radius 3 is 2.75 bits per heavy atom. The minimum atomic E-state index is -0.712. The van der Waals surface area contributed by atoms with E-state index in [1.807, 2.05) is 12.3 Å². The molecule has 0 spiro atoms. The molecule has 1 fully saturated rings. The van der Waals surface area contributed by atoms with Crippen LogP contribution in [0.15, 0.2) is 41.7 Å². The molecule has 0 aliphatic heterocycles. The highest BCUT2D eigenvalue weighted by Gasteiger charge is 2.39. The number of rotatable bonds is 6. The van der Waals surface area contributed by atoms with E-state index in [0.29, 0.717) is 11.2 Å². The summed E-state index contributed by atoms with van der Waals surface area (Å²) in [6.45, 7) is 6.37. The lowest BCUT2D eigenvalue weighted by Gasteiger charge is -2.34. The molecule has 4 rings (SSSR count). The van der Waals surface area contributed by atoms with E-state index in [1.54, 1.807) is 29.3 Å². The smallest absolute Gasteiger partial charge is 0.228 e. The van der Waals surface area contributed by atoms with Gasteiger partial charge in [-0.2, -0.15) is 0 Å². The van der Waals surface area contributed by atoms with E-state index in [9.17, 15) is 5.11 Å². The molecule has 1 aliphatic rings. The molecule has 0 amide bonds. The fraction of sp³-hybridized carbons (Fsp3) is 0.381. The summed E-state index contributed by atoms with van der Waals surface area (Å²) in [5.74, 6) is 0.593. The van der Waals surface area contributed by atoms with E-state index in [4.69, 9.17) is 0 Å². The van der Waals surface area contributed by atoms with Crippen LogP contribution >= 0.6 is 23.1 Å². The molecular weight excluding hydrogens is 388 g/mol. The minimum absolute atomic E-state index is 0.472. The Balaban J connectivity index is 1.58. The third-order valence-electron chi connectivity index (χ3n) is 4.69. The fourth-order valence-electron chi connectivity index (χ4n) is 3.18. The Hall–Kier alpha value is -1.96. The van der Waals surface area contributed by atoms with Gasteiger partial charge in [-0.15, -0.1) is 23.1 Å². The van der Waals surface area contributed by atoms with Crippen molar-refractivity contribution in [1.29, 1.82) is 0 Å². The third kappa shape index (κ3) is 4.21. The maximum atomic E-state index is 10.6. The summed E-state index contributed by atoms with van der Waals surface area (Å²) in [6.07, 6.45) is 6.33. The highest BCUT2D eigenvalue weighted by molar-refractivity contribution is 7.99. The van der Waals surface area contributed by atoms with Crippen molar-refractivity contribution < 1.29 is 5.11 Å². The van der Waals surface area contributed by atoms with Crippen molar-refractivity contribution in [1.82, 2.24) is 15.0 Å². The Bertz CT molecular complexity index is 982. The van der Waals surface area contributed by atoms with Gasteiger partial charge in [-0.1, -0.05) is 19.9 Å². The van der Waals surface area contributed by atoms with Crippen LogP contribution in [-0.2, 0) is 5.60 Å². The van der Waals surface area contributed by atoms with E-state index in [1.165, 1.54) is 0 Å². The number of thioether (sulfide) groups is 1. The maximum absolute atomic E-state index is 10.6. The van der Waals surface area contributed by atoms with Gasteiger partial charge in [0.15, 0.2) is 0 Å². The molecule has 3 aromatic rings. The Labute approximate surface area is 173 Å². The van der Waals surface area contributed by atoms with Crippen molar-refractivity contribution in [2.24, 2.45) is 0 Å². The van der Waals surface area contributed by atoms with Gasteiger partial charge in [0, 0.05) is 23.3 Å². The van der Waals surface area contributed by atoms with Crippen LogP contribution in [0.1, 0.15) is 43.7 Å². The topological polar surface area (TPSA) is 70.9 Å². The minimum Gasteiger partial charge on any atom is -0.383 e. The summed E-state index contributed by atoms with van der Waals surface area (Å²) >= 11 is 3.30. The zero-order chi connectivity index (χ0) is 19.7. The summed E-state index contributed by atoms with van der Waals surface area (Å²) in [7, 11) is 0. The van der Waals surface area contributed by atoms with Gasteiger partial charge in [0.05, 0.1) is 4.88 Å². The first kappa shape index (κ1) is 19.4. The Morgan fingerprint density at radius 2 is 2.04 bits per heavy atom. The number of nitrogens with one attached hydrogen (secondary N) is 1. The lowest BCUT2D eigenvalue weighted by molar-refractivity contribution is -0.0389. The summed E-state index contributed by atoms with van der Waals surface area (Å²) in [6, 6.07) is 8.23. The normalized spacial score (nSPS) is 15.5. The van der Waals surface area contributed by atoms with Gasteiger partial charge in [-0.25, -0.2) is 15.0 Å². The van der Waals surface area contributed by atoms with Crippen molar-refractivity contribution in [3.05, 3.63) is 47.2 Å². The summed E-state index contributed by atoms with van der Waals surface area (Å²) < 4.78 is 0. The monoisotopic (exact) mass is 412 g/mol. The highest BCUT2D eigenvalue weighted by atomic mass is 32.2. The van der Waals surface area contributed by atoms with Crippen molar-refractivity contribution in [3.8, 4) is 10.4 Å². The van der Waals surface area contributed by atoms with Gasteiger partial charge in [-0.05, 0) is 55.5 Å². The second-order valence-electron chi connectivity index (χ2n) is 7.51. The fourth-order valence-corrected chi connectivity index (χ4v) is 4.99. The molecule has 0 radical (unpaired) electrons. The molecule has 28 heavy (non-hydrogen) atoms. The average molecular weight is 413 g/mol. The molecule has 0 atom stereocenters. The predicted molar refractivity (Wildman–Crippen MR) is 116 cm³/mol. The van der Waals surface area contributed by atoms with Gasteiger partial charge in [0.25, 0.3) is 0 Å². The average Bonchev–Trinajstić information content (AvgIpc) is 3.09. The zero-order valence-electron chi connectivity index (χ0n) is 16.3. The van der Waals surface area contributed by atoms with E-state index in [2.05, 4.69) is 59.2 Å². The molecule has 146 valence electrons. The first-order valence-electron chi connectivity index (χ1n) is 9.49. The molecule has 1 aliphatic carbocycles. The van der Waals surface area contributed by atoms with Crippen molar-refractivity contribution >= 4 is 34.7 Å². The van der Waals surface area contributed by atoms with Crippen LogP contribution in [0, 0.1) is 6.92 Å². The molecule has 0 unspecified atom stereocenters. The van der Waals surface area contributed by atoms with Crippen LogP contribution in [0.2, 0.25) is 0 Å². The quantitative estimate of drug-likeness (QED) is 0.410. The standard InChI is InChI=1S/C21H24N4OS2/c1-13(2)27-18-5-8-22-20(25-18)24-16-10-14(3)9-15(11-16)17-12-23-19(28-17)21(26)6-4-7-21/h5,8-13,26H,4,6-7H2,1-3H3,(H,22,24,25). The van der Waals surface area contributed by atoms with Gasteiger partial charge in [0.2, 0.25) is 5.95 Å². The number of anilines is 2.